The van der Waals surface area contributed by atoms with Gasteiger partial charge in [0, 0.05) is 44.0 Å². The van der Waals surface area contributed by atoms with Crippen LogP contribution >= 0.6 is 0 Å². The van der Waals surface area contributed by atoms with E-state index in [4.69, 9.17) is 4.42 Å². The number of aromatic nitrogens is 1. The Morgan fingerprint density at radius 2 is 0.725 bits per heavy atom. The summed E-state index contributed by atoms with van der Waals surface area (Å²) in [6.45, 7) is 0. The molecule has 3 nitrogen and oxygen atoms in total. The van der Waals surface area contributed by atoms with Gasteiger partial charge in [0.05, 0.1) is 16.7 Å². The van der Waals surface area contributed by atoms with Crippen molar-refractivity contribution in [3.63, 3.8) is 0 Å². The van der Waals surface area contributed by atoms with Gasteiger partial charge in [0.25, 0.3) is 0 Å². The van der Waals surface area contributed by atoms with Crippen molar-refractivity contribution in [3.05, 3.63) is 255 Å². The summed E-state index contributed by atoms with van der Waals surface area (Å²) in [7, 11) is 0. The second-order valence-corrected chi connectivity index (χ2v) is 18.1. The Hall–Kier alpha value is -9.18. The molecule has 0 bridgehead atoms. The van der Waals surface area contributed by atoms with Crippen molar-refractivity contribution in [1.82, 2.24) is 4.57 Å². The summed E-state index contributed by atoms with van der Waals surface area (Å²) < 4.78 is 9.34. The Kier molecular flexibility index (Phi) is 8.90. The minimum atomic E-state index is 0.855. The number of rotatable bonds is 7. The van der Waals surface area contributed by atoms with Gasteiger partial charge in [-0.3, -0.25) is 0 Å². The molecule has 14 aromatic rings. The lowest BCUT2D eigenvalue weighted by atomic mass is 9.96. The third-order valence-electron chi connectivity index (χ3n) is 14.2. The Morgan fingerprint density at radius 3 is 1.41 bits per heavy atom. The molecule has 0 radical (unpaired) electrons. The van der Waals surface area contributed by atoms with Gasteiger partial charge < -0.3 is 13.9 Å². The van der Waals surface area contributed by atoms with Crippen molar-refractivity contribution < 1.29 is 4.42 Å². The van der Waals surface area contributed by atoms with Crippen LogP contribution < -0.4 is 4.90 Å². The summed E-state index contributed by atoms with van der Waals surface area (Å²) in [6.07, 6.45) is 0. The molecule has 69 heavy (non-hydrogen) atoms. The van der Waals surface area contributed by atoms with Gasteiger partial charge in [-0.15, -0.1) is 0 Å². The maximum Gasteiger partial charge on any atom is 0.159 e. The predicted octanol–water partition coefficient (Wildman–Crippen LogP) is 18.6. The second kappa shape index (κ2) is 15.7. The molecule has 0 saturated heterocycles. The zero-order chi connectivity index (χ0) is 45.4. The standard InChI is InChI=1S/C66H42N2O/c1-3-15-55-47(11-1)27-28-51-41-50(34-39-56(51)55)45-25-23-43(24-26-45)44-29-35-52(36-30-44)67(64-22-10-19-60-61-40-33-48-12-2-4-16-57(48)65(61)69-66(60)64)53-37-31-46(32-38-53)49-13-9-14-54(42-49)68-62-20-7-5-17-58(62)59-18-6-8-21-63(59)68/h1-42H. The van der Waals surface area contributed by atoms with Crippen LogP contribution in [0.25, 0.3) is 115 Å². The van der Waals surface area contributed by atoms with Gasteiger partial charge in [0.2, 0.25) is 0 Å². The highest BCUT2D eigenvalue weighted by atomic mass is 16.3. The first-order valence-corrected chi connectivity index (χ1v) is 23.6. The molecule has 14 rings (SSSR count). The van der Waals surface area contributed by atoms with Gasteiger partial charge in [0.1, 0.15) is 5.58 Å². The highest BCUT2D eigenvalue weighted by molar-refractivity contribution is 6.18. The minimum Gasteiger partial charge on any atom is -0.453 e. The molecule has 0 aliphatic carbocycles. The van der Waals surface area contributed by atoms with Gasteiger partial charge in [-0.1, -0.05) is 188 Å². The van der Waals surface area contributed by atoms with Crippen LogP contribution in [0.1, 0.15) is 0 Å². The number of fused-ring (bicyclic) bond motifs is 11. The van der Waals surface area contributed by atoms with Crippen molar-refractivity contribution in [3.8, 4) is 39.1 Å². The van der Waals surface area contributed by atoms with E-state index in [0.717, 1.165) is 72.2 Å². The van der Waals surface area contributed by atoms with Gasteiger partial charge in [-0.2, -0.15) is 0 Å². The molecule has 0 N–H and O–H groups in total. The Morgan fingerprint density at radius 1 is 0.275 bits per heavy atom. The molecular formula is C66H42N2O. The zero-order valence-corrected chi connectivity index (χ0v) is 37.6. The number of para-hydroxylation sites is 3. The van der Waals surface area contributed by atoms with Crippen LogP contribution in [0, 0.1) is 0 Å². The van der Waals surface area contributed by atoms with Crippen LogP contribution in [-0.2, 0) is 0 Å². The molecule has 2 aromatic heterocycles. The third kappa shape index (κ3) is 6.43. The molecule has 0 amide bonds. The highest BCUT2D eigenvalue weighted by Crippen LogP contribution is 2.45. The molecule has 0 atom stereocenters. The Balaban J connectivity index is 0.840. The first-order chi connectivity index (χ1) is 34.2. The van der Waals surface area contributed by atoms with Crippen molar-refractivity contribution in [2.45, 2.75) is 0 Å². The molecule has 0 fully saturated rings. The molecule has 0 saturated carbocycles. The normalized spacial score (nSPS) is 11.8. The average molecular weight is 879 g/mol. The van der Waals surface area contributed by atoms with Crippen molar-refractivity contribution in [1.29, 1.82) is 0 Å². The van der Waals surface area contributed by atoms with Crippen molar-refractivity contribution in [2.75, 3.05) is 4.90 Å². The minimum absolute atomic E-state index is 0.855. The van der Waals surface area contributed by atoms with E-state index in [9.17, 15) is 0 Å². The molecule has 322 valence electrons. The molecular weight excluding hydrogens is 837 g/mol. The van der Waals surface area contributed by atoms with Crippen LogP contribution in [0.15, 0.2) is 259 Å². The van der Waals surface area contributed by atoms with Crippen LogP contribution in [0.5, 0.6) is 0 Å². The van der Waals surface area contributed by atoms with Gasteiger partial charge in [-0.05, 0) is 127 Å². The smallest absolute Gasteiger partial charge is 0.159 e. The zero-order valence-electron chi connectivity index (χ0n) is 37.6. The summed E-state index contributed by atoms with van der Waals surface area (Å²) in [5.74, 6) is 0. The summed E-state index contributed by atoms with van der Waals surface area (Å²) in [4.78, 5) is 2.33. The van der Waals surface area contributed by atoms with Gasteiger partial charge in [-0.25, -0.2) is 0 Å². The SMILES string of the molecule is c1cc(-c2ccc(N(c3ccc(-c4ccc(-c5ccc6c(ccc7ccccc76)c5)cc4)cc3)c3cccc4c3oc3c5ccccc5ccc43)cc2)cc(-n2c3ccccc3c3ccccc32)c1. The van der Waals surface area contributed by atoms with Crippen LogP contribution in [-0.4, -0.2) is 4.57 Å². The van der Waals surface area contributed by atoms with Gasteiger partial charge >= 0.3 is 0 Å². The number of nitrogens with zero attached hydrogens (tertiary/aromatic N) is 2. The van der Waals surface area contributed by atoms with E-state index in [-0.39, 0.29) is 0 Å². The third-order valence-corrected chi connectivity index (χ3v) is 14.2. The number of hydrogen-bond acceptors (Lipinski definition) is 2. The van der Waals surface area contributed by atoms with Crippen LogP contribution in [0.2, 0.25) is 0 Å². The van der Waals surface area contributed by atoms with E-state index < -0.39 is 0 Å². The molecule has 0 aliphatic heterocycles. The molecule has 2 heterocycles. The van der Waals surface area contributed by atoms with E-state index in [0.29, 0.717) is 0 Å². The van der Waals surface area contributed by atoms with Crippen molar-refractivity contribution in [2.24, 2.45) is 0 Å². The van der Waals surface area contributed by atoms with E-state index in [2.05, 4.69) is 264 Å². The fourth-order valence-corrected chi connectivity index (χ4v) is 10.8. The first kappa shape index (κ1) is 39.0. The second-order valence-electron chi connectivity index (χ2n) is 18.1. The van der Waals surface area contributed by atoms with E-state index in [1.807, 2.05) is 0 Å². The fraction of sp³-hybridized carbons (Fsp3) is 0. The largest absolute Gasteiger partial charge is 0.453 e. The topological polar surface area (TPSA) is 21.3 Å². The monoisotopic (exact) mass is 878 g/mol. The summed E-state index contributed by atoms with van der Waals surface area (Å²) >= 11 is 0. The lowest BCUT2D eigenvalue weighted by Crippen LogP contribution is -2.10. The average Bonchev–Trinajstić information content (AvgIpc) is 3.98. The maximum atomic E-state index is 6.96. The first-order valence-electron chi connectivity index (χ1n) is 23.6. The number of hydrogen-bond donors (Lipinski definition) is 0. The molecule has 12 aromatic carbocycles. The number of benzene rings is 12. The number of furan rings is 1. The summed E-state index contributed by atoms with van der Waals surface area (Å²) in [5, 5.41) is 12.1. The Bertz CT molecular complexity index is 4240. The van der Waals surface area contributed by atoms with Gasteiger partial charge in [0.15, 0.2) is 5.58 Å². The molecule has 0 spiro atoms. The van der Waals surface area contributed by atoms with E-state index in [1.165, 1.54) is 60.0 Å². The predicted molar refractivity (Wildman–Crippen MR) is 292 cm³/mol. The highest BCUT2D eigenvalue weighted by Gasteiger charge is 2.21. The van der Waals surface area contributed by atoms with Crippen LogP contribution in [0.4, 0.5) is 17.1 Å². The summed E-state index contributed by atoms with van der Waals surface area (Å²) in [5.41, 5.74) is 15.4. The molecule has 0 aliphatic rings. The quantitative estimate of drug-likeness (QED) is 0.149. The molecule has 0 unspecified atom stereocenters. The van der Waals surface area contributed by atoms with E-state index in [1.54, 1.807) is 0 Å². The van der Waals surface area contributed by atoms with E-state index >= 15 is 0 Å². The van der Waals surface area contributed by atoms with Crippen molar-refractivity contribution >= 4 is 93.1 Å². The molecule has 3 heteroatoms. The lowest BCUT2D eigenvalue weighted by Gasteiger charge is -2.26. The lowest BCUT2D eigenvalue weighted by molar-refractivity contribution is 0.673. The fourth-order valence-electron chi connectivity index (χ4n) is 10.8. The summed E-state index contributed by atoms with van der Waals surface area (Å²) in [6, 6.07) is 92.3. The number of anilines is 3. The van der Waals surface area contributed by atoms with Crippen LogP contribution in [0.3, 0.4) is 0 Å². The Labute approximate surface area is 399 Å². The maximum absolute atomic E-state index is 6.96.